The Hall–Kier alpha value is -4.66. The summed E-state index contributed by atoms with van der Waals surface area (Å²) in [4.78, 5) is 22.9. The number of aromatic nitrogens is 3. The van der Waals surface area contributed by atoms with Crippen LogP contribution in [-0.2, 0) is 6.42 Å². The minimum atomic E-state index is -0.431. The molecule has 5 rings (SSSR count). The second kappa shape index (κ2) is 9.53. The van der Waals surface area contributed by atoms with Gasteiger partial charge >= 0.3 is 0 Å². The number of hydrogen-bond donors (Lipinski definition) is 2. The van der Waals surface area contributed by atoms with Gasteiger partial charge in [0, 0.05) is 12.6 Å². The Morgan fingerprint density at radius 1 is 1.00 bits per heavy atom. The molecule has 0 saturated carbocycles. The quantitative estimate of drug-likeness (QED) is 0.357. The van der Waals surface area contributed by atoms with E-state index in [1.54, 1.807) is 55.2 Å². The molecule has 0 unspecified atom stereocenters. The molecule has 3 aromatic carbocycles. The molecule has 0 atom stereocenters. The number of hydrogen-bond acceptors (Lipinski definition) is 6. The Morgan fingerprint density at radius 2 is 1.72 bits per heavy atom. The highest BCUT2D eigenvalue weighted by atomic mass is 19.1. The first-order valence-corrected chi connectivity index (χ1v) is 11.3. The zero-order valence-corrected chi connectivity index (χ0v) is 19.8. The lowest BCUT2D eigenvalue weighted by atomic mass is 10.1. The Balaban J connectivity index is 1.63. The first-order chi connectivity index (χ1) is 17.5. The lowest BCUT2D eigenvalue weighted by Crippen LogP contribution is -2.26. The van der Waals surface area contributed by atoms with Crippen LogP contribution in [0.1, 0.15) is 15.9 Å². The van der Waals surface area contributed by atoms with Gasteiger partial charge < -0.3 is 20.5 Å². The number of para-hydroxylation sites is 2. The summed E-state index contributed by atoms with van der Waals surface area (Å²) in [5.41, 5.74) is 9.87. The van der Waals surface area contributed by atoms with Crippen molar-refractivity contribution in [3.05, 3.63) is 83.7 Å². The van der Waals surface area contributed by atoms with Gasteiger partial charge in [0.25, 0.3) is 5.91 Å². The van der Waals surface area contributed by atoms with Gasteiger partial charge in [0.1, 0.15) is 34.2 Å². The zero-order valence-electron chi connectivity index (χ0n) is 19.8. The predicted molar refractivity (Wildman–Crippen MR) is 136 cm³/mol. The Kier molecular flexibility index (Phi) is 6.12. The Morgan fingerprint density at radius 3 is 2.44 bits per heavy atom. The fraction of sp³-hybridized carbons (Fsp3) is 0.148. The average molecular weight is 486 g/mol. The predicted octanol–water partition coefficient (Wildman–Crippen LogP) is 4.28. The van der Waals surface area contributed by atoms with Crippen molar-refractivity contribution in [2.24, 2.45) is 0 Å². The van der Waals surface area contributed by atoms with E-state index in [4.69, 9.17) is 25.2 Å². The fourth-order valence-electron chi connectivity index (χ4n) is 4.20. The van der Waals surface area contributed by atoms with Crippen LogP contribution in [0.25, 0.3) is 27.9 Å². The van der Waals surface area contributed by atoms with Gasteiger partial charge in [0.15, 0.2) is 5.65 Å². The number of anilines is 1. The molecule has 0 spiro atoms. The SMILES string of the molecule is COc1ccc(OC)c(-n2c(N)c(C(=O)NCCc3ccccc3F)c3nc4ccccc4nc32)c1. The van der Waals surface area contributed by atoms with Crippen molar-refractivity contribution in [1.29, 1.82) is 0 Å². The van der Waals surface area contributed by atoms with Gasteiger partial charge in [-0.1, -0.05) is 30.3 Å². The minimum Gasteiger partial charge on any atom is -0.497 e. The number of ether oxygens (including phenoxy) is 2. The Bertz CT molecular complexity index is 1600. The van der Waals surface area contributed by atoms with E-state index in [9.17, 15) is 9.18 Å². The summed E-state index contributed by atoms with van der Waals surface area (Å²) < 4.78 is 26.6. The molecule has 1 amide bonds. The first-order valence-electron chi connectivity index (χ1n) is 11.3. The number of fused-ring (bicyclic) bond motifs is 2. The van der Waals surface area contributed by atoms with Crippen LogP contribution in [0.4, 0.5) is 10.2 Å². The van der Waals surface area contributed by atoms with Crippen LogP contribution in [0.2, 0.25) is 0 Å². The summed E-state index contributed by atoms with van der Waals surface area (Å²) in [7, 11) is 3.11. The molecule has 36 heavy (non-hydrogen) atoms. The van der Waals surface area contributed by atoms with E-state index in [-0.39, 0.29) is 23.7 Å². The lowest BCUT2D eigenvalue weighted by Gasteiger charge is -2.14. The van der Waals surface area contributed by atoms with Crippen LogP contribution in [0.3, 0.4) is 0 Å². The molecule has 0 aliphatic rings. The van der Waals surface area contributed by atoms with E-state index in [0.717, 1.165) is 0 Å². The second-order valence-electron chi connectivity index (χ2n) is 8.12. The van der Waals surface area contributed by atoms with Crippen molar-refractivity contribution < 1.29 is 18.7 Å². The zero-order chi connectivity index (χ0) is 25.2. The summed E-state index contributed by atoms with van der Waals surface area (Å²) in [6.07, 6.45) is 0.329. The third-order valence-electron chi connectivity index (χ3n) is 5.99. The van der Waals surface area contributed by atoms with Crippen molar-refractivity contribution >= 4 is 33.9 Å². The van der Waals surface area contributed by atoms with E-state index in [1.165, 1.54) is 6.07 Å². The molecule has 2 heterocycles. The average Bonchev–Trinajstić information content (AvgIpc) is 3.18. The minimum absolute atomic E-state index is 0.148. The van der Waals surface area contributed by atoms with Crippen molar-refractivity contribution in [1.82, 2.24) is 19.9 Å². The molecule has 0 aliphatic carbocycles. The number of nitrogens with zero attached hydrogens (tertiary/aromatic N) is 3. The third-order valence-corrected chi connectivity index (χ3v) is 5.99. The fourth-order valence-corrected chi connectivity index (χ4v) is 4.20. The topological polar surface area (TPSA) is 104 Å². The largest absolute Gasteiger partial charge is 0.497 e. The smallest absolute Gasteiger partial charge is 0.257 e. The summed E-state index contributed by atoms with van der Waals surface area (Å²) in [6.45, 7) is 0.218. The van der Waals surface area contributed by atoms with Crippen LogP contribution >= 0.6 is 0 Å². The number of halogens is 1. The van der Waals surface area contributed by atoms with Crippen molar-refractivity contribution in [3.8, 4) is 17.2 Å². The number of carbonyl (C=O) groups is 1. The van der Waals surface area contributed by atoms with Gasteiger partial charge in [0.2, 0.25) is 0 Å². The maximum atomic E-state index is 14.0. The number of carbonyl (C=O) groups excluding carboxylic acids is 1. The number of nitrogens with one attached hydrogen (secondary N) is 1. The van der Waals surface area contributed by atoms with Crippen LogP contribution in [0.5, 0.6) is 11.5 Å². The van der Waals surface area contributed by atoms with E-state index in [1.807, 2.05) is 24.3 Å². The van der Waals surface area contributed by atoms with E-state index >= 15 is 0 Å². The lowest BCUT2D eigenvalue weighted by molar-refractivity contribution is 0.0956. The molecular formula is C27H24FN5O3. The maximum Gasteiger partial charge on any atom is 0.257 e. The van der Waals surface area contributed by atoms with E-state index in [2.05, 4.69) is 5.32 Å². The molecule has 8 nitrogen and oxygen atoms in total. The van der Waals surface area contributed by atoms with Gasteiger partial charge in [-0.05, 0) is 42.3 Å². The number of benzene rings is 3. The van der Waals surface area contributed by atoms with Crippen molar-refractivity contribution in [2.45, 2.75) is 6.42 Å². The van der Waals surface area contributed by atoms with Gasteiger partial charge in [-0.3, -0.25) is 9.36 Å². The van der Waals surface area contributed by atoms with Gasteiger partial charge in [-0.25, -0.2) is 14.4 Å². The van der Waals surface area contributed by atoms with Crippen molar-refractivity contribution in [2.75, 3.05) is 26.5 Å². The van der Waals surface area contributed by atoms with Crippen LogP contribution in [0.15, 0.2) is 66.7 Å². The number of rotatable bonds is 7. The monoisotopic (exact) mass is 485 g/mol. The van der Waals surface area contributed by atoms with Crippen molar-refractivity contribution in [3.63, 3.8) is 0 Å². The number of amides is 1. The normalized spacial score (nSPS) is 11.1. The molecule has 0 fully saturated rings. The number of nitrogens with two attached hydrogens (primary N) is 1. The molecule has 182 valence electrons. The summed E-state index contributed by atoms with van der Waals surface area (Å²) in [5.74, 6) is 0.497. The molecule has 9 heteroatoms. The molecule has 0 radical (unpaired) electrons. The standard InChI is InChI=1S/C27H24FN5O3/c1-35-17-11-12-22(36-2)21(15-17)33-25(29)23(24-26(33)32-20-10-6-5-9-19(20)31-24)27(34)30-14-13-16-7-3-4-8-18(16)28/h3-12,15H,13-14,29H2,1-2H3,(H,30,34). The van der Waals surface area contributed by atoms with E-state index in [0.29, 0.717) is 51.4 Å². The highest BCUT2D eigenvalue weighted by molar-refractivity contribution is 6.11. The molecule has 3 N–H and O–H groups in total. The molecule has 0 saturated heterocycles. The highest BCUT2D eigenvalue weighted by Gasteiger charge is 2.26. The molecule has 0 aliphatic heterocycles. The van der Waals surface area contributed by atoms with E-state index < -0.39 is 5.91 Å². The van der Waals surface area contributed by atoms with Gasteiger partial charge in [-0.2, -0.15) is 0 Å². The summed E-state index contributed by atoms with van der Waals surface area (Å²) in [5, 5.41) is 2.85. The number of methoxy groups -OCH3 is 2. The first kappa shape index (κ1) is 23.1. The molecular weight excluding hydrogens is 461 g/mol. The second-order valence-corrected chi connectivity index (χ2v) is 8.12. The third kappa shape index (κ3) is 4.04. The molecule has 0 bridgehead atoms. The van der Waals surface area contributed by atoms with Gasteiger partial charge in [-0.15, -0.1) is 0 Å². The highest BCUT2D eigenvalue weighted by Crippen LogP contribution is 2.36. The maximum absolute atomic E-state index is 14.0. The summed E-state index contributed by atoms with van der Waals surface area (Å²) in [6, 6.07) is 19.1. The van der Waals surface area contributed by atoms with Crippen LogP contribution in [0, 0.1) is 5.82 Å². The summed E-state index contributed by atoms with van der Waals surface area (Å²) >= 11 is 0. The Labute approximate surface area is 206 Å². The molecule has 5 aromatic rings. The van der Waals surface area contributed by atoms with Gasteiger partial charge in [0.05, 0.1) is 30.9 Å². The number of nitrogen functional groups attached to an aromatic ring is 1. The molecule has 2 aromatic heterocycles. The van der Waals surface area contributed by atoms with Crippen LogP contribution in [-0.4, -0.2) is 41.2 Å². The van der Waals surface area contributed by atoms with Crippen LogP contribution < -0.4 is 20.5 Å².